The van der Waals surface area contributed by atoms with Crippen LogP contribution in [-0.2, 0) is 11.7 Å². The van der Waals surface area contributed by atoms with Crippen LogP contribution in [0.15, 0.2) is 24.3 Å². The quantitative estimate of drug-likeness (QED) is 0.772. The standard InChI is InChI=1S/C16H17ClF3N3.ClH/c17-9-3-4-13-11(6-9)12(7-14(23-13)16(18,19)20)15(22)5-1-2-10(21)8-15;/h3-4,6-7,10H,1-2,5,8,21-22H2;1H. The van der Waals surface area contributed by atoms with Crippen molar-refractivity contribution in [1.29, 1.82) is 0 Å². The average Bonchev–Trinajstić information content (AvgIpc) is 2.44. The number of hydrogen-bond acceptors (Lipinski definition) is 3. The van der Waals surface area contributed by atoms with Crippen LogP contribution in [0.25, 0.3) is 10.9 Å². The maximum atomic E-state index is 13.2. The third kappa shape index (κ3) is 3.61. The molecule has 1 heterocycles. The number of pyridine rings is 1. The number of rotatable bonds is 1. The van der Waals surface area contributed by atoms with Crippen molar-refractivity contribution in [1.82, 2.24) is 4.98 Å². The minimum absolute atomic E-state index is 0. The molecule has 1 fully saturated rings. The molecule has 0 amide bonds. The molecule has 2 atom stereocenters. The molecule has 0 spiro atoms. The van der Waals surface area contributed by atoms with Crippen molar-refractivity contribution >= 4 is 34.9 Å². The SMILES string of the molecule is Cl.NC1CCCC(N)(c2cc(C(F)(F)F)nc3ccc(Cl)cc23)C1. The predicted octanol–water partition coefficient (Wildman–Crippen LogP) is 4.38. The Kier molecular flexibility index (Phi) is 5.35. The average molecular weight is 380 g/mol. The van der Waals surface area contributed by atoms with E-state index in [2.05, 4.69) is 4.98 Å². The van der Waals surface area contributed by atoms with Crippen molar-refractivity contribution in [3.05, 3.63) is 40.5 Å². The Morgan fingerprint density at radius 2 is 1.96 bits per heavy atom. The maximum Gasteiger partial charge on any atom is 0.433 e. The fraction of sp³-hybridized carbons (Fsp3) is 0.438. The number of halogens is 5. The summed E-state index contributed by atoms with van der Waals surface area (Å²) in [7, 11) is 0. The van der Waals surface area contributed by atoms with Crippen molar-refractivity contribution in [2.45, 2.75) is 43.4 Å². The van der Waals surface area contributed by atoms with Crippen LogP contribution in [0.2, 0.25) is 5.02 Å². The van der Waals surface area contributed by atoms with Crippen LogP contribution in [0.4, 0.5) is 13.2 Å². The first-order chi connectivity index (χ1) is 10.7. The van der Waals surface area contributed by atoms with Gasteiger partial charge in [-0.2, -0.15) is 13.2 Å². The van der Waals surface area contributed by atoms with Gasteiger partial charge in [-0.05, 0) is 55.5 Å². The summed E-state index contributed by atoms with van der Waals surface area (Å²) in [5.41, 5.74) is 11.3. The van der Waals surface area contributed by atoms with Gasteiger partial charge in [0.2, 0.25) is 0 Å². The number of hydrogen-bond donors (Lipinski definition) is 2. The minimum atomic E-state index is -4.53. The van der Waals surface area contributed by atoms with E-state index in [1.165, 1.54) is 12.1 Å². The monoisotopic (exact) mass is 379 g/mol. The molecule has 24 heavy (non-hydrogen) atoms. The second-order valence-corrected chi connectivity index (χ2v) is 6.66. The van der Waals surface area contributed by atoms with E-state index in [-0.39, 0.29) is 24.0 Å². The first kappa shape index (κ1) is 19.2. The van der Waals surface area contributed by atoms with E-state index in [0.29, 0.717) is 28.8 Å². The molecule has 2 aromatic rings. The molecule has 1 saturated carbocycles. The Balaban J connectivity index is 0.00000208. The van der Waals surface area contributed by atoms with Gasteiger partial charge in [0.15, 0.2) is 0 Å². The van der Waals surface area contributed by atoms with Gasteiger partial charge in [-0.25, -0.2) is 4.98 Å². The molecule has 8 heteroatoms. The third-order valence-corrected chi connectivity index (χ3v) is 4.66. The zero-order valence-electron chi connectivity index (χ0n) is 12.7. The summed E-state index contributed by atoms with van der Waals surface area (Å²) in [5.74, 6) is 0. The van der Waals surface area contributed by atoms with Crippen LogP contribution in [0, 0.1) is 0 Å². The molecule has 1 aromatic heterocycles. The van der Waals surface area contributed by atoms with Crippen LogP contribution in [-0.4, -0.2) is 11.0 Å². The lowest BCUT2D eigenvalue weighted by Crippen LogP contribution is -2.46. The van der Waals surface area contributed by atoms with E-state index >= 15 is 0 Å². The molecule has 132 valence electrons. The molecule has 0 aliphatic heterocycles. The van der Waals surface area contributed by atoms with E-state index in [0.717, 1.165) is 18.9 Å². The van der Waals surface area contributed by atoms with Gasteiger partial charge in [-0.1, -0.05) is 11.6 Å². The Morgan fingerprint density at radius 3 is 2.58 bits per heavy atom. The molecule has 1 aromatic carbocycles. The normalized spacial score (nSPS) is 24.7. The van der Waals surface area contributed by atoms with E-state index in [9.17, 15) is 13.2 Å². The van der Waals surface area contributed by atoms with Crippen molar-refractivity contribution in [2.75, 3.05) is 0 Å². The van der Waals surface area contributed by atoms with Crippen molar-refractivity contribution in [2.24, 2.45) is 11.5 Å². The lowest BCUT2D eigenvalue weighted by Gasteiger charge is -2.38. The van der Waals surface area contributed by atoms with Crippen LogP contribution >= 0.6 is 24.0 Å². The Hall–Kier alpha value is -1.08. The van der Waals surface area contributed by atoms with E-state index in [1.807, 2.05) is 0 Å². The first-order valence-electron chi connectivity index (χ1n) is 7.41. The van der Waals surface area contributed by atoms with E-state index < -0.39 is 17.4 Å². The highest BCUT2D eigenvalue weighted by Crippen LogP contribution is 2.40. The predicted molar refractivity (Wildman–Crippen MR) is 91.3 cm³/mol. The van der Waals surface area contributed by atoms with Crippen LogP contribution in [0.3, 0.4) is 0 Å². The molecule has 1 aliphatic carbocycles. The zero-order valence-corrected chi connectivity index (χ0v) is 14.3. The molecule has 4 N–H and O–H groups in total. The fourth-order valence-corrected chi connectivity index (χ4v) is 3.52. The molecule has 0 bridgehead atoms. The van der Waals surface area contributed by atoms with Gasteiger partial charge in [-0.15, -0.1) is 12.4 Å². The van der Waals surface area contributed by atoms with E-state index in [1.54, 1.807) is 6.07 Å². The number of nitrogens with two attached hydrogens (primary N) is 2. The second-order valence-electron chi connectivity index (χ2n) is 6.23. The molecule has 3 rings (SSSR count). The van der Waals surface area contributed by atoms with Gasteiger partial charge < -0.3 is 11.5 Å². The highest BCUT2D eigenvalue weighted by atomic mass is 35.5. The van der Waals surface area contributed by atoms with Gasteiger partial charge in [0, 0.05) is 22.0 Å². The smallest absolute Gasteiger partial charge is 0.328 e. The van der Waals surface area contributed by atoms with Crippen LogP contribution in [0.5, 0.6) is 0 Å². The van der Waals surface area contributed by atoms with Gasteiger partial charge in [-0.3, -0.25) is 0 Å². The van der Waals surface area contributed by atoms with Gasteiger partial charge in [0.25, 0.3) is 0 Å². The molecule has 3 nitrogen and oxygen atoms in total. The largest absolute Gasteiger partial charge is 0.433 e. The van der Waals surface area contributed by atoms with Crippen molar-refractivity contribution in [3.8, 4) is 0 Å². The summed E-state index contributed by atoms with van der Waals surface area (Å²) >= 11 is 6.02. The highest BCUT2D eigenvalue weighted by molar-refractivity contribution is 6.31. The highest BCUT2D eigenvalue weighted by Gasteiger charge is 2.38. The topological polar surface area (TPSA) is 64.9 Å². The number of aromatic nitrogens is 1. The molecule has 0 saturated heterocycles. The molecule has 2 unspecified atom stereocenters. The van der Waals surface area contributed by atoms with Gasteiger partial charge in [0.05, 0.1) is 5.52 Å². The van der Waals surface area contributed by atoms with Gasteiger partial charge in [0.1, 0.15) is 5.69 Å². The Labute approximate surface area is 149 Å². The molecular weight excluding hydrogens is 362 g/mol. The Morgan fingerprint density at radius 1 is 1.25 bits per heavy atom. The number of alkyl halides is 3. The summed E-state index contributed by atoms with van der Waals surface area (Å²) in [6.07, 6.45) is -1.90. The minimum Gasteiger partial charge on any atom is -0.328 e. The van der Waals surface area contributed by atoms with Crippen molar-refractivity contribution in [3.63, 3.8) is 0 Å². The molecular formula is C16H18Cl2F3N3. The Bertz CT molecular complexity index is 751. The summed E-state index contributed by atoms with van der Waals surface area (Å²) in [6, 6.07) is 5.56. The summed E-state index contributed by atoms with van der Waals surface area (Å²) in [6.45, 7) is 0. The summed E-state index contributed by atoms with van der Waals surface area (Å²) < 4.78 is 39.6. The van der Waals surface area contributed by atoms with Crippen molar-refractivity contribution < 1.29 is 13.2 Å². The molecule has 0 radical (unpaired) electrons. The fourth-order valence-electron chi connectivity index (χ4n) is 3.35. The first-order valence-corrected chi connectivity index (χ1v) is 7.79. The summed E-state index contributed by atoms with van der Waals surface area (Å²) in [5, 5.41) is 0.992. The zero-order chi connectivity index (χ0) is 16.8. The lowest BCUT2D eigenvalue weighted by atomic mass is 9.74. The van der Waals surface area contributed by atoms with E-state index in [4.69, 9.17) is 23.1 Å². The third-order valence-electron chi connectivity index (χ3n) is 4.42. The second kappa shape index (κ2) is 6.67. The number of benzene rings is 1. The maximum absolute atomic E-state index is 13.2. The number of nitrogens with zero attached hydrogens (tertiary/aromatic N) is 1. The molecule has 1 aliphatic rings. The summed E-state index contributed by atoms with van der Waals surface area (Å²) in [4.78, 5) is 3.72. The lowest BCUT2D eigenvalue weighted by molar-refractivity contribution is -0.141. The van der Waals surface area contributed by atoms with Gasteiger partial charge >= 0.3 is 6.18 Å². The van der Waals surface area contributed by atoms with Crippen LogP contribution in [0.1, 0.15) is 36.9 Å². The van der Waals surface area contributed by atoms with Crippen LogP contribution < -0.4 is 11.5 Å². The number of fused-ring (bicyclic) bond motifs is 1.